The third-order valence-corrected chi connectivity index (χ3v) is 4.64. The molecule has 0 aliphatic carbocycles. The number of rotatable bonds is 5. The highest BCUT2D eigenvalue weighted by atomic mass is 16.5. The van der Waals surface area contributed by atoms with E-state index in [0.29, 0.717) is 44.3 Å². The summed E-state index contributed by atoms with van der Waals surface area (Å²) in [6.07, 6.45) is 0.709. The predicted octanol–water partition coefficient (Wildman–Crippen LogP) is 3.27. The molecule has 1 atom stereocenters. The molecule has 3 aromatic rings. The number of carbonyl (C=O) groups excluding carboxylic acids is 1. The van der Waals surface area contributed by atoms with Crippen LogP contribution in [0.5, 0.6) is 0 Å². The number of aryl methyl sites for hydroxylation is 1. The molecule has 1 amide bonds. The number of ether oxygens (including phenoxy) is 1. The second kappa shape index (κ2) is 8.14. The molecule has 0 N–H and O–H groups in total. The molecule has 0 saturated carbocycles. The maximum Gasteiger partial charge on any atom is 0.227 e. The second-order valence-electron chi connectivity index (χ2n) is 6.49. The van der Waals surface area contributed by atoms with Crippen molar-refractivity contribution in [2.45, 2.75) is 18.9 Å². The van der Waals surface area contributed by atoms with Gasteiger partial charge in [-0.1, -0.05) is 65.8 Å². The number of nitrogens with zero attached hydrogens (tertiary/aromatic N) is 3. The molecular formula is C21H21N3O3. The molecule has 138 valence electrons. The van der Waals surface area contributed by atoms with Gasteiger partial charge in [0.1, 0.15) is 6.10 Å². The lowest BCUT2D eigenvalue weighted by atomic mass is 10.1. The van der Waals surface area contributed by atoms with E-state index in [9.17, 15) is 4.79 Å². The van der Waals surface area contributed by atoms with Crippen LogP contribution < -0.4 is 0 Å². The van der Waals surface area contributed by atoms with Crippen molar-refractivity contribution in [3.63, 3.8) is 0 Å². The summed E-state index contributed by atoms with van der Waals surface area (Å²) in [6, 6.07) is 19.7. The average Bonchev–Trinajstić information content (AvgIpc) is 3.22. The molecule has 6 heteroatoms. The molecule has 1 saturated heterocycles. The summed E-state index contributed by atoms with van der Waals surface area (Å²) in [6.45, 7) is 1.73. The Morgan fingerprint density at radius 3 is 2.59 bits per heavy atom. The molecule has 0 radical (unpaired) electrons. The highest BCUT2D eigenvalue weighted by Crippen LogP contribution is 2.22. The number of hydrogen-bond donors (Lipinski definition) is 0. The Labute approximate surface area is 157 Å². The maximum atomic E-state index is 12.6. The first-order chi connectivity index (χ1) is 13.3. The van der Waals surface area contributed by atoms with Gasteiger partial charge in [-0.05, 0) is 5.56 Å². The average molecular weight is 363 g/mol. The van der Waals surface area contributed by atoms with E-state index < -0.39 is 0 Å². The second-order valence-corrected chi connectivity index (χ2v) is 6.49. The van der Waals surface area contributed by atoms with Gasteiger partial charge in [0.25, 0.3) is 0 Å². The summed E-state index contributed by atoms with van der Waals surface area (Å²) in [5, 5.41) is 4.00. The normalized spacial score (nSPS) is 17.0. The van der Waals surface area contributed by atoms with Crippen LogP contribution >= 0.6 is 0 Å². The standard InChI is InChI=1S/C21H21N3O3/c25-20(24-13-14-26-18(15-24)16-7-3-1-4-8-16)12-11-19-22-21(23-27-19)17-9-5-2-6-10-17/h1-10,18H,11-15H2/t18-/m1/s1. The first-order valence-electron chi connectivity index (χ1n) is 9.12. The number of morpholine rings is 1. The van der Waals surface area contributed by atoms with Crippen LogP contribution in [0.15, 0.2) is 65.2 Å². The minimum absolute atomic E-state index is 0.0722. The van der Waals surface area contributed by atoms with Gasteiger partial charge in [-0.15, -0.1) is 0 Å². The monoisotopic (exact) mass is 363 g/mol. The van der Waals surface area contributed by atoms with Crippen molar-refractivity contribution in [2.75, 3.05) is 19.7 Å². The molecule has 1 fully saturated rings. The zero-order valence-corrected chi connectivity index (χ0v) is 15.0. The van der Waals surface area contributed by atoms with Crippen LogP contribution in [0, 0.1) is 0 Å². The van der Waals surface area contributed by atoms with Gasteiger partial charge < -0.3 is 14.2 Å². The molecule has 1 aliphatic heterocycles. The van der Waals surface area contributed by atoms with Gasteiger partial charge in [0.2, 0.25) is 17.6 Å². The molecule has 0 bridgehead atoms. The van der Waals surface area contributed by atoms with E-state index in [2.05, 4.69) is 10.1 Å². The van der Waals surface area contributed by atoms with Gasteiger partial charge in [-0.25, -0.2) is 0 Å². The Bertz CT molecular complexity index is 880. The lowest BCUT2D eigenvalue weighted by Crippen LogP contribution is -2.42. The van der Waals surface area contributed by atoms with Crippen LogP contribution in [0.3, 0.4) is 0 Å². The fourth-order valence-electron chi connectivity index (χ4n) is 3.18. The van der Waals surface area contributed by atoms with E-state index >= 15 is 0 Å². The Hall–Kier alpha value is -2.99. The van der Waals surface area contributed by atoms with Gasteiger partial charge in [0, 0.05) is 24.9 Å². The van der Waals surface area contributed by atoms with E-state index in [-0.39, 0.29) is 12.0 Å². The zero-order chi connectivity index (χ0) is 18.5. The molecule has 6 nitrogen and oxygen atoms in total. The van der Waals surface area contributed by atoms with Crippen LogP contribution in [0.1, 0.15) is 24.0 Å². The third kappa shape index (κ3) is 4.23. The molecule has 2 heterocycles. The Kier molecular flexibility index (Phi) is 5.25. The van der Waals surface area contributed by atoms with Gasteiger partial charge in [0.05, 0.1) is 13.2 Å². The Balaban J connectivity index is 1.33. The number of hydrogen-bond acceptors (Lipinski definition) is 5. The van der Waals surface area contributed by atoms with Crippen molar-refractivity contribution < 1.29 is 14.1 Å². The smallest absolute Gasteiger partial charge is 0.227 e. The van der Waals surface area contributed by atoms with Crippen LogP contribution in [0.4, 0.5) is 0 Å². The molecule has 0 spiro atoms. The zero-order valence-electron chi connectivity index (χ0n) is 15.0. The molecule has 4 rings (SSSR count). The molecule has 0 unspecified atom stereocenters. The van der Waals surface area contributed by atoms with E-state index in [4.69, 9.17) is 9.26 Å². The van der Waals surface area contributed by atoms with Crippen LogP contribution in [0.25, 0.3) is 11.4 Å². The van der Waals surface area contributed by atoms with Crippen molar-refractivity contribution >= 4 is 5.91 Å². The summed E-state index contributed by atoms with van der Waals surface area (Å²) in [7, 11) is 0. The summed E-state index contributed by atoms with van der Waals surface area (Å²) in [5.41, 5.74) is 2.00. The SMILES string of the molecule is O=C(CCc1nc(-c2ccccc2)no1)N1CCO[C@@H](c2ccccc2)C1. The van der Waals surface area contributed by atoms with E-state index in [0.717, 1.165) is 11.1 Å². The van der Waals surface area contributed by atoms with E-state index in [1.807, 2.05) is 65.6 Å². The summed E-state index contributed by atoms with van der Waals surface area (Å²) in [4.78, 5) is 18.8. The van der Waals surface area contributed by atoms with Crippen molar-refractivity contribution in [3.05, 3.63) is 72.1 Å². The fourth-order valence-corrected chi connectivity index (χ4v) is 3.18. The quantitative estimate of drug-likeness (QED) is 0.696. The van der Waals surface area contributed by atoms with Crippen LogP contribution in [-0.4, -0.2) is 40.6 Å². The van der Waals surface area contributed by atoms with E-state index in [1.54, 1.807) is 0 Å². The predicted molar refractivity (Wildman–Crippen MR) is 99.8 cm³/mol. The number of amides is 1. The molecule has 1 aliphatic rings. The van der Waals surface area contributed by atoms with Gasteiger partial charge in [0.15, 0.2) is 0 Å². The fraction of sp³-hybridized carbons (Fsp3) is 0.286. The van der Waals surface area contributed by atoms with Crippen LogP contribution in [-0.2, 0) is 16.0 Å². The van der Waals surface area contributed by atoms with Crippen molar-refractivity contribution in [1.82, 2.24) is 15.0 Å². The van der Waals surface area contributed by atoms with Gasteiger partial charge in [-0.3, -0.25) is 4.79 Å². The summed E-state index contributed by atoms with van der Waals surface area (Å²) in [5.74, 6) is 1.11. The third-order valence-electron chi connectivity index (χ3n) is 4.64. The highest BCUT2D eigenvalue weighted by Gasteiger charge is 2.25. The van der Waals surface area contributed by atoms with Crippen molar-refractivity contribution in [2.24, 2.45) is 0 Å². The van der Waals surface area contributed by atoms with Gasteiger partial charge >= 0.3 is 0 Å². The number of carbonyl (C=O) groups is 1. The first-order valence-corrected chi connectivity index (χ1v) is 9.12. The summed E-state index contributed by atoms with van der Waals surface area (Å²) >= 11 is 0. The van der Waals surface area contributed by atoms with Gasteiger partial charge in [-0.2, -0.15) is 4.98 Å². The highest BCUT2D eigenvalue weighted by molar-refractivity contribution is 5.76. The molecule has 27 heavy (non-hydrogen) atoms. The minimum Gasteiger partial charge on any atom is -0.370 e. The lowest BCUT2D eigenvalue weighted by Gasteiger charge is -2.33. The molecule has 2 aromatic carbocycles. The van der Waals surface area contributed by atoms with Crippen molar-refractivity contribution in [1.29, 1.82) is 0 Å². The summed E-state index contributed by atoms with van der Waals surface area (Å²) < 4.78 is 11.1. The topological polar surface area (TPSA) is 68.5 Å². The lowest BCUT2D eigenvalue weighted by molar-refractivity contribution is -0.139. The number of aromatic nitrogens is 2. The van der Waals surface area contributed by atoms with Crippen molar-refractivity contribution in [3.8, 4) is 11.4 Å². The largest absolute Gasteiger partial charge is 0.370 e. The van der Waals surface area contributed by atoms with E-state index in [1.165, 1.54) is 0 Å². The number of benzene rings is 2. The first kappa shape index (κ1) is 17.4. The molecular weight excluding hydrogens is 342 g/mol. The Morgan fingerprint density at radius 1 is 1.07 bits per heavy atom. The Morgan fingerprint density at radius 2 is 1.81 bits per heavy atom. The van der Waals surface area contributed by atoms with Crippen LogP contribution in [0.2, 0.25) is 0 Å². The molecule has 1 aromatic heterocycles. The minimum atomic E-state index is -0.0722. The maximum absolute atomic E-state index is 12.6.